The third-order valence-electron chi connectivity index (χ3n) is 4.93. The highest BCUT2D eigenvalue weighted by Gasteiger charge is 2.36. The Kier molecular flexibility index (Phi) is 6.44. The molecule has 0 saturated carbocycles. The van der Waals surface area contributed by atoms with Gasteiger partial charge in [-0.25, -0.2) is 4.79 Å². The Morgan fingerprint density at radius 2 is 1.61 bits per heavy atom. The van der Waals surface area contributed by atoms with Crippen LogP contribution >= 0.6 is 23.2 Å². The van der Waals surface area contributed by atoms with E-state index in [2.05, 4.69) is 5.32 Å². The standard InChI is InChI=1S/C24H16Cl2N2O5/c25-16-7-9-20(19(26)11-16)27-21(29)13-33-24(32)15-6-8-17-18(10-15)23(31)28(22(17)30)12-14-4-2-1-3-5-14/h1-11H,12-13H2,(H,27,29). The van der Waals surface area contributed by atoms with Crippen LogP contribution in [0.25, 0.3) is 0 Å². The van der Waals surface area contributed by atoms with Gasteiger partial charge in [0.25, 0.3) is 17.7 Å². The second-order valence-electron chi connectivity index (χ2n) is 7.19. The van der Waals surface area contributed by atoms with Gasteiger partial charge < -0.3 is 10.1 Å². The molecule has 7 nitrogen and oxygen atoms in total. The average Bonchev–Trinajstić information content (AvgIpc) is 3.04. The Morgan fingerprint density at radius 1 is 0.879 bits per heavy atom. The number of nitrogens with zero attached hydrogens (tertiary/aromatic N) is 1. The van der Waals surface area contributed by atoms with Gasteiger partial charge in [-0.2, -0.15) is 0 Å². The summed E-state index contributed by atoms with van der Waals surface area (Å²) in [6.07, 6.45) is 0. The van der Waals surface area contributed by atoms with Crippen LogP contribution in [0.3, 0.4) is 0 Å². The summed E-state index contributed by atoms with van der Waals surface area (Å²) >= 11 is 11.8. The monoisotopic (exact) mass is 482 g/mol. The zero-order valence-corrected chi connectivity index (χ0v) is 18.5. The number of carbonyl (C=O) groups is 4. The van der Waals surface area contributed by atoms with Crippen molar-refractivity contribution in [3.8, 4) is 0 Å². The molecule has 3 aromatic rings. The molecule has 4 rings (SSSR count). The fourth-order valence-electron chi connectivity index (χ4n) is 3.32. The molecule has 0 spiro atoms. The molecular formula is C24H16Cl2N2O5. The van der Waals surface area contributed by atoms with Crippen LogP contribution in [0.1, 0.15) is 36.6 Å². The van der Waals surface area contributed by atoms with Gasteiger partial charge in [-0.05, 0) is 42.0 Å². The number of benzene rings is 3. The minimum absolute atomic E-state index is 0.0498. The molecule has 3 amide bonds. The molecule has 1 heterocycles. The normalized spacial score (nSPS) is 12.5. The number of imide groups is 1. The largest absolute Gasteiger partial charge is 0.452 e. The number of halogens is 2. The third-order valence-corrected chi connectivity index (χ3v) is 5.48. The van der Waals surface area contributed by atoms with Crippen LogP contribution in [-0.4, -0.2) is 35.2 Å². The highest BCUT2D eigenvalue weighted by molar-refractivity contribution is 6.36. The fourth-order valence-corrected chi connectivity index (χ4v) is 3.77. The molecule has 9 heteroatoms. The van der Waals surface area contributed by atoms with Crippen molar-refractivity contribution in [1.82, 2.24) is 4.90 Å². The second kappa shape index (κ2) is 9.44. The first kappa shape index (κ1) is 22.5. The number of amides is 3. The Bertz CT molecular complexity index is 1280. The van der Waals surface area contributed by atoms with Gasteiger partial charge >= 0.3 is 5.97 Å². The minimum Gasteiger partial charge on any atom is -0.452 e. The summed E-state index contributed by atoms with van der Waals surface area (Å²) < 4.78 is 5.04. The SMILES string of the molecule is O=C(COC(=O)c1ccc2c(c1)C(=O)N(Cc1ccccc1)C2=O)Nc1ccc(Cl)cc1Cl. The van der Waals surface area contributed by atoms with E-state index in [0.29, 0.717) is 10.7 Å². The van der Waals surface area contributed by atoms with E-state index in [4.69, 9.17) is 27.9 Å². The Labute approximate surface area is 198 Å². The number of ether oxygens (including phenoxy) is 1. The Morgan fingerprint density at radius 3 is 2.33 bits per heavy atom. The lowest BCUT2D eigenvalue weighted by atomic mass is 10.1. The molecule has 1 aliphatic rings. The molecule has 0 saturated heterocycles. The third kappa shape index (κ3) is 4.89. The van der Waals surface area contributed by atoms with E-state index in [1.165, 1.54) is 30.3 Å². The van der Waals surface area contributed by atoms with Gasteiger partial charge in [-0.1, -0.05) is 53.5 Å². The number of esters is 1. The minimum atomic E-state index is -0.808. The first-order valence-corrected chi connectivity index (χ1v) is 10.6. The first-order valence-electron chi connectivity index (χ1n) is 9.79. The van der Waals surface area contributed by atoms with Gasteiger partial charge in [0.1, 0.15) is 0 Å². The molecule has 0 fully saturated rings. The van der Waals surface area contributed by atoms with Gasteiger partial charge in [0.15, 0.2) is 6.61 Å². The second-order valence-corrected chi connectivity index (χ2v) is 8.03. The average molecular weight is 483 g/mol. The summed E-state index contributed by atoms with van der Waals surface area (Å²) in [6.45, 7) is -0.442. The zero-order valence-electron chi connectivity index (χ0n) is 17.0. The molecule has 0 unspecified atom stereocenters. The molecule has 166 valence electrons. The van der Waals surface area contributed by atoms with Crippen LogP contribution < -0.4 is 5.32 Å². The highest BCUT2D eigenvalue weighted by atomic mass is 35.5. The molecule has 0 aliphatic carbocycles. The fraction of sp³-hybridized carbons (Fsp3) is 0.0833. The van der Waals surface area contributed by atoms with Crippen molar-refractivity contribution in [2.45, 2.75) is 6.54 Å². The summed E-state index contributed by atoms with van der Waals surface area (Å²) in [4.78, 5) is 51.1. The lowest BCUT2D eigenvalue weighted by Crippen LogP contribution is -2.29. The summed E-state index contributed by atoms with van der Waals surface area (Å²) in [7, 11) is 0. The van der Waals surface area contributed by atoms with E-state index in [9.17, 15) is 19.2 Å². The number of hydrogen-bond acceptors (Lipinski definition) is 5. The molecular weight excluding hydrogens is 467 g/mol. The number of fused-ring (bicyclic) bond motifs is 1. The molecule has 0 atom stereocenters. The number of hydrogen-bond donors (Lipinski definition) is 1. The summed E-state index contributed by atoms with van der Waals surface area (Å²) in [5.74, 6) is -2.34. The molecule has 33 heavy (non-hydrogen) atoms. The van der Waals surface area contributed by atoms with Crippen molar-refractivity contribution < 1.29 is 23.9 Å². The van der Waals surface area contributed by atoms with Gasteiger partial charge in [0, 0.05) is 5.02 Å². The van der Waals surface area contributed by atoms with Gasteiger partial charge in [-0.3, -0.25) is 19.3 Å². The maximum absolute atomic E-state index is 12.8. The topological polar surface area (TPSA) is 92.8 Å². The van der Waals surface area contributed by atoms with E-state index < -0.39 is 30.3 Å². The number of rotatable bonds is 6. The van der Waals surface area contributed by atoms with Crippen LogP contribution in [0.4, 0.5) is 5.69 Å². The van der Waals surface area contributed by atoms with Crippen LogP contribution in [0.5, 0.6) is 0 Å². The molecule has 0 radical (unpaired) electrons. The maximum Gasteiger partial charge on any atom is 0.338 e. The van der Waals surface area contributed by atoms with E-state index in [1.54, 1.807) is 6.07 Å². The van der Waals surface area contributed by atoms with Crippen LogP contribution in [0, 0.1) is 0 Å². The molecule has 3 aromatic carbocycles. The van der Waals surface area contributed by atoms with Gasteiger partial charge in [-0.15, -0.1) is 0 Å². The van der Waals surface area contributed by atoms with Crippen molar-refractivity contribution in [2.24, 2.45) is 0 Å². The molecule has 0 bridgehead atoms. The van der Waals surface area contributed by atoms with Crippen molar-refractivity contribution in [3.63, 3.8) is 0 Å². The van der Waals surface area contributed by atoms with Crippen molar-refractivity contribution in [2.75, 3.05) is 11.9 Å². The predicted molar refractivity (Wildman–Crippen MR) is 122 cm³/mol. The summed E-state index contributed by atoms with van der Waals surface area (Å²) in [5.41, 5.74) is 1.50. The van der Waals surface area contributed by atoms with Crippen LogP contribution in [0.2, 0.25) is 10.0 Å². The molecule has 0 aromatic heterocycles. The zero-order chi connectivity index (χ0) is 23.5. The van der Waals surface area contributed by atoms with Gasteiger partial charge in [0.2, 0.25) is 0 Å². The first-order chi connectivity index (χ1) is 15.8. The van der Waals surface area contributed by atoms with E-state index >= 15 is 0 Å². The van der Waals surface area contributed by atoms with Crippen molar-refractivity contribution in [3.05, 3.63) is 99.0 Å². The summed E-state index contributed by atoms with van der Waals surface area (Å²) in [6, 6.07) is 17.7. The van der Waals surface area contributed by atoms with E-state index in [1.807, 2.05) is 30.3 Å². The highest BCUT2D eigenvalue weighted by Crippen LogP contribution is 2.27. The molecule has 1 N–H and O–H groups in total. The molecule has 1 aliphatic heterocycles. The summed E-state index contributed by atoms with van der Waals surface area (Å²) in [5, 5.41) is 3.17. The van der Waals surface area contributed by atoms with Crippen LogP contribution in [0.15, 0.2) is 66.7 Å². The lowest BCUT2D eigenvalue weighted by molar-refractivity contribution is -0.119. The van der Waals surface area contributed by atoms with Gasteiger partial charge in [0.05, 0.1) is 33.9 Å². The number of carbonyl (C=O) groups excluding carboxylic acids is 4. The van der Waals surface area contributed by atoms with Crippen LogP contribution in [-0.2, 0) is 16.1 Å². The Balaban J connectivity index is 1.41. The maximum atomic E-state index is 12.8. The van der Waals surface area contributed by atoms with Crippen molar-refractivity contribution in [1.29, 1.82) is 0 Å². The predicted octanol–water partition coefficient (Wildman–Crippen LogP) is 4.59. The number of anilines is 1. The van der Waals surface area contributed by atoms with E-state index in [-0.39, 0.29) is 28.3 Å². The van der Waals surface area contributed by atoms with Crippen molar-refractivity contribution >= 4 is 52.6 Å². The van der Waals surface area contributed by atoms with E-state index in [0.717, 1.165) is 10.5 Å². The lowest BCUT2D eigenvalue weighted by Gasteiger charge is -2.13. The quantitative estimate of drug-likeness (QED) is 0.409. The number of nitrogens with one attached hydrogen (secondary N) is 1. The smallest absolute Gasteiger partial charge is 0.338 e. The Hall–Kier alpha value is -3.68.